The van der Waals surface area contributed by atoms with Crippen molar-refractivity contribution in [1.29, 1.82) is 0 Å². The van der Waals surface area contributed by atoms with Gasteiger partial charge in [0.1, 0.15) is 6.33 Å². The van der Waals surface area contributed by atoms with Crippen molar-refractivity contribution >= 4 is 34.2 Å². The van der Waals surface area contributed by atoms with Crippen molar-refractivity contribution in [3.8, 4) is 0 Å². The molecule has 2 aromatic heterocycles. The van der Waals surface area contributed by atoms with E-state index in [2.05, 4.69) is 56.5 Å². The average Bonchev–Trinajstić information content (AvgIpc) is 3.11. The summed E-state index contributed by atoms with van der Waals surface area (Å²) in [6, 6.07) is 0.0803. The Kier molecular flexibility index (Phi) is 3.54. The molecule has 4 rings (SSSR count). The first-order valence-corrected chi connectivity index (χ1v) is 9.00. The van der Waals surface area contributed by atoms with Gasteiger partial charge < -0.3 is 15.4 Å². The van der Waals surface area contributed by atoms with E-state index in [1.165, 1.54) is 0 Å². The molecule has 124 valence electrons. The van der Waals surface area contributed by atoms with Gasteiger partial charge in [0.15, 0.2) is 5.65 Å². The predicted octanol–water partition coefficient (Wildman–Crippen LogP) is 1.45. The van der Waals surface area contributed by atoms with E-state index in [4.69, 9.17) is 10.5 Å². The van der Waals surface area contributed by atoms with Crippen LogP contribution in [0.5, 0.6) is 0 Å². The summed E-state index contributed by atoms with van der Waals surface area (Å²) in [6.07, 6.45) is 5.43. The van der Waals surface area contributed by atoms with Gasteiger partial charge in [0.05, 0.1) is 15.8 Å². The zero-order chi connectivity index (χ0) is 16.2. The van der Waals surface area contributed by atoms with E-state index in [0.717, 1.165) is 47.7 Å². The van der Waals surface area contributed by atoms with Crippen LogP contribution < -0.4 is 10.6 Å². The molecule has 0 amide bonds. The van der Waals surface area contributed by atoms with Gasteiger partial charge in [0, 0.05) is 30.7 Å². The molecule has 0 bridgehead atoms. The number of piperidine rings is 1. The van der Waals surface area contributed by atoms with Gasteiger partial charge in [0.25, 0.3) is 0 Å². The lowest BCUT2D eigenvalue weighted by molar-refractivity contribution is -0.0236. The number of hydrogen-bond acceptors (Lipinski definition) is 6. The third kappa shape index (κ3) is 2.33. The Balaban J connectivity index is 1.58. The zero-order valence-corrected chi connectivity index (χ0v) is 15.5. The molecule has 0 unspecified atom stereocenters. The Morgan fingerprint density at radius 3 is 2.74 bits per heavy atom. The highest BCUT2D eigenvalue weighted by Gasteiger charge is 2.53. The summed E-state index contributed by atoms with van der Waals surface area (Å²) in [5, 5.41) is 8.19. The van der Waals surface area contributed by atoms with Crippen molar-refractivity contribution in [2.45, 2.75) is 38.3 Å². The summed E-state index contributed by atoms with van der Waals surface area (Å²) in [5.74, 6) is 0.895. The first-order chi connectivity index (χ1) is 10.9. The van der Waals surface area contributed by atoms with Crippen molar-refractivity contribution in [3.63, 3.8) is 0 Å². The fraction of sp³-hybridized carbons (Fsp3) is 0.667. The second kappa shape index (κ2) is 5.25. The molecule has 2 aromatic rings. The molecular formula is C15H21IN6O. The SMILES string of the molecule is CC1(C)COC2(CCN(c3ncc(I)c4nncn34)CC2)[C@H]1N. The van der Waals surface area contributed by atoms with Gasteiger partial charge in [-0.2, -0.15) is 0 Å². The van der Waals surface area contributed by atoms with Crippen LogP contribution in [0, 0.1) is 8.99 Å². The highest BCUT2D eigenvalue weighted by Crippen LogP contribution is 2.44. The minimum absolute atomic E-state index is 0.0464. The Morgan fingerprint density at radius 1 is 1.35 bits per heavy atom. The lowest BCUT2D eigenvalue weighted by Crippen LogP contribution is -2.56. The Hall–Kier alpha value is -1.00. The molecule has 2 aliphatic heterocycles. The predicted molar refractivity (Wildman–Crippen MR) is 95.4 cm³/mol. The van der Waals surface area contributed by atoms with Crippen LogP contribution in [0.15, 0.2) is 12.5 Å². The standard InChI is InChI=1S/C15H21IN6O/c1-14(2)8-23-15(12(14)17)3-5-21(6-4-15)13-18-7-10(16)11-20-19-9-22(11)13/h7,9,12H,3-6,8,17H2,1-2H3/t12-/m0/s1. The lowest BCUT2D eigenvalue weighted by atomic mass is 9.75. The third-order valence-electron chi connectivity index (χ3n) is 5.30. The quantitative estimate of drug-likeness (QED) is 0.693. The van der Waals surface area contributed by atoms with Crippen LogP contribution in [0.1, 0.15) is 26.7 Å². The maximum Gasteiger partial charge on any atom is 0.212 e. The molecule has 1 spiro atoms. The summed E-state index contributed by atoms with van der Waals surface area (Å²) in [5.41, 5.74) is 7.23. The van der Waals surface area contributed by atoms with Crippen LogP contribution >= 0.6 is 22.6 Å². The van der Waals surface area contributed by atoms with Gasteiger partial charge in [-0.15, -0.1) is 10.2 Å². The lowest BCUT2D eigenvalue weighted by Gasteiger charge is -2.42. The summed E-state index contributed by atoms with van der Waals surface area (Å²) >= 11 is 2.23. The highest BCUT2D eigenvalue weighted by molar-refractivity contribution is 14.1. The second-order valence-corrected chi connectivity index (χ2v) is 8.40. The molecule has 4 heterocycles. The van der Waals surface area contributed by atoms with E-state index in [0.29, 0.717) is 0 Å². The number of rotatable bonds is 1. The van der Waals surface area contributed by atoms with Crippen molar-refractivity contribution in [1.82, 2.24) is 19.6 Å². The van der Waals surface area contributed by atoms with E-state index in [-0.39, 0.29) is 17.1 Å². The van der Waals surface area contributed by atoms with Crippen molar-refractivity contribution in [3.05, 3.63) is 16.1 Å². The fourth-order valence-electron chi connectivity index (χ4n) is 3.77. The van der Waals surface area contributed by atoms with Crippen LogP contribution in [0.3, 0.4) is 0 Å². The van der Waals surface area contributed by atoms with Gasteiger partial charge in [-0.05, 0) is 35.4 Å². The topological polar surface area (TPSA) is 81.6 Å². The molecule has 0 aromatic carbocycles. The normalized spacial score (nSPS) is 26.3. The number of fused-ring (bicyclic) bond motifs is 1. The third-order valence-corrected chi connectivity index (χ3v) is 6.06. The monoisotopic (exact) mass is 428 g/mol. The maximum absolute atomic E-state index is 6.51. The largest absolute Gasteiger partial charge is 0.373 e. The molecule has 2 saturated heterocycles. The number of nitrogens with two attached hydrogens (primary N) is 1. The first kappa shape index (κ1) is 15.5. The van der Waals surface area contributed by atoms with Crippen LogP contribution in [0.4, 0.5) is 5.95 Å². The number of anilines is 1. The second-order valence-electron chi connectivity index (χ2n) is 7.24. The van der Waals surface area contributed by atoms with E-state index in [1.54, 1.807) is 6.33 Å². The van der Waals surface area contributed by atoms with Gasteiger partial charge in [-0.1, -0.05) is 13.8 Å². The summed E-state index contributed by atoms with van der Waals surface area (Å²) in [7, 11) is 0. The number of nitrogens with zero attached hydrogens (tertiary/aromatic N) is 5. The van der Waals surface area contributed by atoms with Crippen LogP contribution in [-0.4, -0.2) is 50.9 Å². The van der Waals surface area contributed by atoms with Crippen molar-refractivity contribution in [2.24, 2.45) is 11.1 Å². The zero-order valence-electron chi connectivity index (χ0n) is 13.4. The van der Waals surface area contributed by atoms with E-state index >= 15 is 0 Å². The van der Waals surface area contributed by atoms with E-state index in [1.807, 2.05) is 10.6 Å². The summed E-state index contributed by atoms with van der Waals surface area (Å²) in [6.45, 7) is 6.89. The highest BCUT2D eigenvalue weighted by atomic mass is 127. The average molecular weight is 428 g/mol. The molecule has 2 fully saturated rings. The molecular weight excluding hydrogens is 407 g/mol. The van der Waals surface area contributed by atoms with Crippen LogP contribution in [-0.2, 0) is 4.74 Å². The molecule has 2 aliphatic rings. The maximum atomic E-state index is 6.51. The minimum Gasteiger partial charge on any atom is -0.373 e. The number of ether oxygens (including phenoxy) is 1. The van der Waals surface area contributed by atoms with Gasteiger partial charge in [-0.3, -0.25) is 4.40 Å². The molecule has 0 radical (unpaired) electrons. The van der Waals surface area contributed by atoms with Gasteiger partial charge in [0.2, 0.25) is 5.95 Å². The Morgan fingerprint density at radius 2 is 2.09 bits per heavy atom. The smallest absolute Gasteiger partial charge is 0.212 e. The van der Waals surface area contributed by atoms with Crippen LogP contribution in [0.2, 0.25) is 0 Å². The molecule has 0 aliphatic carbocycles. The summed E-state index contributed by atoms with van der Waals surface area (Å²) < 4.78 is 9.14. The molecule has 7 nitrogen and oxygen atoms in total. The number of aromatic nitrogens is 4. The summed E-state index contributed by atoms with van der Waals surface area (Å²) in [4.78, 5) is 6.87. The first-order valence-electron chi connectivity index (χ1n) is 7.92. The molecule has 23 heavy (non-hydrogen) atoms. The Labute approximate surface area is 148 Å². The number of hydrogen-bond donors (Lipinski definition) is 1. The van der Waals surface area contributed by atoms with E-state index in [9.17, 15) is 0 Å². The molecule has 8 heteroatoms. The van der Waals surface area contributed by atoms with Crippen LogP contribution in [0.25, 0.3) is 5.65 Å². The van der Waals surface area contributed by atoms with E-state index < -0.39 is 0 Å². The number of halogens is 1. The van der Waals surface area contributed by atoms with Crippen molar-refractivity contribution < 1.29 is 4.74 Å². The molecule has 0 saturated carbocycles. The molecule has 1 atom stereocenters. The minimum atomic E-state index is -0.185. The van der Waals surface area contributed by atoms with Crippen molar-refractivity contribution in [2.75, 3.05) is 24.6 Å². The van der Waals surface area contributed by atoms with Gasteiger partial charge in [-0.25, -0.2) is 4.98 Å². The van der Waals surface area contributed by atoms with Gasteiger partial charge >= 0.3 is 0 Å². The Bertz CT molecular complexity index is 737. The molecule has 2 N–H and O–H groups in total. The fourth-order valence-corrected chi connectivity index (χ4v) is 4.28.